The number of hydrogen-bond donors (Lipinski definition) is 1. The second kappa shape index (κ2) is 7.61. The molecule has 1 aliphatic heterocycles. The molecular formula is C19H15ClN2O2S2. The predicted molar refractivity (Wildman–Crippen MR) is 110 cm³/mol. The molecule has 2 amide bonds. The van der Waals surface area contributed by atoms with Crippen LogP contribution >= 0.6 is 35.6 Å². The van der Waals surface area contributed by atoms with E-state index >= 15 is 0 Å². The first-order valence-corrected chi connectivity index (χ1v) is 9.37. The maximum atomic E-state index is 12.6. The summed E-state index contributed by atoms with van der Waals surface area (Å²) in [7, 11) is 0. The van der Waals surface area contributed by atoms with E-state index in [-0.39, 0.29) is 15.8 Å². The van der Waals surface area contributed by atoms with Crippen molar-refractivity contribution in [2.24, 2.45) is 0 Å². The molecule has 0 aromatic heterocycles. The molecule has 0 atom stereocenters. The smallest absolute Gasteiger partial charge is 0.267 e. The fourth-order valence-corrected chi connectivity index (χ4v) is 3.84. The minimum absolute atomic E-state index is 0.268. The molecule has 0 radical (unpaired) electrons. The van der Waals surface area contributed by atoms with Crippen LogP contribution in [0.25, 0.3) is 6.08 Å². The van der Waals surface area contributed by atoms with Crippen molar-refractivity contribution in [1.82, 2.24) is 10.4 Å². The lowest BCUT2D eigenvalue weighted by Gasteiger charge is -2.16. The fraction of sp³-hybridized carbons (Fsp3) is 0.105. The number of thioether (sulfide) groups is 1. The topological polar surface area (TPSA) is 49.4 Å². The lowest BCUT2D eigenvalue weighted by Crippen LogP contribution is -2.44. The predicted octanol–water partition coefficient (Wildman–Crippen LogP) is 4.50. The summed E-state index contributed by atoms with van der Waals surface area (Å²) in [5, 5.41) is 1.40. The first-order valence-electron chi connectivity index (χ1n) is 7.77. The summed E-state index contributed by atoms with van der Waals surface area (Å²) in [6.07, 6.45) is 1.75. The van der Waals surface area contributed by atoms with Gasteiger partial charge in [-0.15, -0.1) is 0 Å². The Hall–Kier alpha value is -2.15. The van der Waals surface area contributed by atoms with Gasteiger partial charge in [-0.25, -0.2) is 0 Å². The van der Waals surface area contributed by atoms with Gasteiger partial charge < -0.3 is 0 Å². The van der Waals surface area contributed by atoms with Crippen LogP contribution in [0.2, 0.25) is 5.02 Å². The van der Waals surface area contributed by atoms with E-state index in [2.05, 4.69) is 5.43 Å². The average Bonchev–Trinajstić information content (AvgIpc) is 2.84. The van der Waals surface area contributed by atoms with Gasteiger partial charge in [0, 0.05) is 0 Å². The van der Waals surface area contributed by atoms with Crippen molar-refractivity contribution in [2.45, 2.75) is 13.8 Å². The Labute approximate surface area is 166 Å². The quantitative estimate of drug-likeness (QED) is 0.606. The number of hydrogen-bond acceptors (Lipinski definition) is 4. The third-order valence-electron chi connectivity index (χ3n) is 3.75. The summed E-state index contributed by atoms with van der Waals surface area (Å²) < 4.78 is 0.268. The molecule has 0 spiro atoms. The molecule has 0 saturated carbocycles. The van der Waals surface area contributed by atoms with Crippen molar-refractivity contribution < 1.29 is 9.59 Å². The maximum Gasteiger partial charge on any atom is 0.285 e. The Morgan fingerprint density at radius 1 is 1.15 bits per heavy atom. The first kappa shape index (κ1) is 18.6. The largest absolute Gasteiger partial charge is 0.285 e. The zero-order chi connectivity index (χ0) is 18.8. The summed E-state index contributed by atoms with van der Waals surface area (Å²) in [6.45, 7) is 3.88. The number of amides is 2. The second-order valence-corrected chi connectivity index (χ2v) is 7.93. The van der Waals surface area contributed by atoms with E-state index < -0.39 is 5.91 Å². The van der Waals surface area contributed by atoms with Gasteiger partial charge in [0.05, 0.1) is 15.5 Å². The highest BCUT2D eigenvalue weighted by Gasteiger charge is 2.34. The summed E-state index contributed by atoms with van der Waals surface area (Å²) >= 11 is 12.5. The van der Waals surface area contributed by atoms with Gasteiger partial charge in [0.15, 0.2) is 4.32 Å². The standard InChI is InChI=1S/C19H15ClN2O2S2/c1-11-3-6-13(7-4-11)10-16-18(24)22(19(25)26-16)21-17(23)14-8-5-12(2)9-15(14)20/h3-10H,1-2H3,(H,21,23)/b16-10+. The van der Waals surface area contributed by atoms with Gasteiger partial charge in [0.2, 0.25) is 0 Å². The molecule has 0 unspecified atom stereocenters. The number of carbonyl (C=O) groups is 2. The van der Waals surface area contributed by atoms with E-state index in [4.69, 9.17) is 23.8 Å². The number of hydrazine groups is 1. The third-order valence-corrected chi connectivity index (χ3v) is 5.37. The molecule has 1 saturated heterocycles. The van der Waals surface area contributed by atoms with Crippen LogP contribution in [0.1, 0.15) is 27.0 Å². The van der Waals surface area contributed by atoms with Crippen molar-refractivity contribution in [3.05, 3.63) is 74.6 Å². The van der Waals surface area contributed by atoms with Gasteiger partial charge in [-0.2, -0.15) is 5.01 Å². The molecule has 26 heavy (non-hydrogen) atoms. The van der Waals surface area contributed by atoms with E-state index in [9.17, 15) is 9.59 Å². The number of thiocarbonyl (C=S) groups is 1. The van der Waals surface area contributed by atoms with Crippen LogP contribution in [0, 0.1) is 13.8 Å². The number of benzene rings is 2. The van der Waals surface area contributed by atoms with Crippen LogP contribution in [0.15, 0.2) is 47.4 Å². The molecule has 0 bridgehead atoms. The normalized spacial score (nSPS) is 15.7. The molecule has 0 aliphatic carbocycles. The molecular weight excluding hydrogens is 388 g/mol. The van der Waals surface area contributed by atoms with Crippen molar-refractivity contribution in [1.29, 1.82) is 0 Å². The SMILES string of the molecule is Cc1ccc(/C=C2/SC(=S)N(NC(=O)c3ccc(C)cc3Cl)C2=O)cc1. The zero-order valence-electron chi connectivity index (χ0n) is 14.1. The lowest BCUT2D eigenvalue weighted by atomic mass is 10.1. The molecule has 2 aromatic carbocycles. The maximum absolute atomic E-state index is 12.6. The highest BCUT2D eigenvalue weighted by Crippen LogP contribution is 2.31. The van der Waals surface area contributed by atoms with Crippen LogP contribution in [-0.2, 0) is 4.79 Å². The van der Waals surface area contributed by atoms with E-state index in [1.807, 2.05) is 38.1 Å². The third kappa shape index (κ3) is 3.98. The van der Waals surface area contributed by atoms with Gasteiger partial charge in [0.1, 0.15) is 0 Å². The van der Waals surface area contributed by atoms with Crippen molar-refractivity contribution in [3.8, 4) is 0 Å². The molecule has 2 aromatic rings. The van der Waals surface area contributed by atoms with Gasteiger partial charge in [0.25, 0.3) is 11.8 Å². The highest BCUT2D eigenvalue weighted by atomic mass is 35.5. The fourth-order valence-electron chi connectivity index (χ4n) is 2.34. The Morgan fingerprint density at radius 3 is 2.46 bits per heavy atom. The lowest BCUT2D eigenvalue weighted by molar-refractivity contribution is -0.123. The van der Waals surface area contributed by atoms with Crippen LogP contribution < -0.4 is 5.43 Å². The summed E-state index contributed by atoms with van der Waals surface area (Å²) in [4.78, 5) is 25.5. The average molecular weight is 403 g/mol. The number of aryl methyl sites for hydroxylation is 2. The summed E-state index contributed by atoms with van der Waals surface area (Å²) in [6, 6.07) is 12.9. The Bertz CT molecular complexity index is 939. The van der Waals surface area contributed by atoms with Crippen LogP contribution in [0.4, 0.5) is 0 Å². The minimum atomic E-state index is -0.483. The van der Waals surface area contributed by atoms with E-state index in [1.54, 1.807) is 24.3 Å². The van der Waals surface area contributed by atoms with Gasteiger partial charge >= 0.3 is 0 Å². The van der Waals surface area contributed by atoms with Gasteiger partial charge in [-0.1, -0.05) is 59.3 Å². The van der Waals surface area contributed by atoms with E-state index in [0.717, 1.165) is 33.5 Å². The number of nitrogens with zero attached hydrogens (tertiary/aromatic N) is 1. The van der Waals surface area contributed by atoms with Crippen LogP contribution in [0.5, 0.6) is 0 Å². The van der Waals surface area contributed by atoms with Crippen LogP contribution in [-0.4, -0.2) is 21.1 Å². The molecule has 1 fully saturated rings. The first-order chi connectivity index (χ1) is 12.3. The van der Waals surface area contributed by atoms with Gasteiger partial charge in [-0.05, 0) is 55.4 Å². The van der Waals surface area contributed by atoms with Crippen molar-refractivity contribution in [2.75, 3.05) is 0 Å². The van der Waals surface area contributed by atoms with E-state index in [1.165, 1.54) is 0 Å². The molecule has 3 rings (SSSR count). The Kier molecular flexibility index (Phi) is 5.46. The summed E-state index contributed by atoms with van der Waals surface area (Å²) in [5.41, 5.74) is 5.79. The minimum Gasteiger partial charge on any atom is -0.267 e. The number of halogens is 1. The number of nitrogens with one attached hydrogen (secondary N) is 1. The molecule has 132 valence electrons. The molecule has 4 nitrogen and oxygen atoms in total. The molecule has 1 aliphatic rings. The van der Waals surface area contributed by atoms with Crippen molar-refractivity contribution in [3.63, 3.8) is 0 Å². The Morgan fingerprint density at radius 2 is 1.81 bits per heavy atom. The Balaban J connectivity index is 1.78. The second-order valence-electron chi connectivity index (χ2n) is 5.85. The van der Waals surface area contributed by atoms with Crippen LogP contribution in [0.3, 0.4) is 0 Å². The molecule has 1 N–H and O–H groups in total. The van der Waals surface area contributed by atoms with Crippen molar-refractivity contribution >= 4 is 57.8 Å². The highest BCUT2D eigenvalue weighted by molar-refractivity contribution is 8.26. The number of carbonyl (C=O) groups excluding carboxylic acids is 2. The summed E-state index contributed by atoms with van der Waals surface area (Å²) in [5.74, 6) is -0.847. The van der Waals surface area contributed by atoms with Gasteiger partial charge in [-0.3, -0.25) is 15.0 Å². The number of rotatable bonds is 3. The molecule has 1 heterocycles. The molecule has 7 heteroatoms. The monoisotopic (exact) mass is 402 g/mol. The van der Waals surface area contributed by atoms with E-state index in [0.29, 0.717) is 9.93 Å². The zero-order valence-corrected chi connectivity index (χ0v) is 16.5.